The van der Waals surface area contributed by atoms with Crippen molar-refractivity contribution in [3.63, 3.8) is 0 Å². The fraction of sp³-hybridized carbons (Fsp3) is 0.450. The molecule has 4 N–H and O–H groups in total. The summed E-state index contributed by atoms with van der Waals surface area (Å²) in [7, 11) is 0. The Balaban J connectivity index is 0.00000392. The Hall–Kier alpha value is -2.10. The van der Waals surface area contributed by atoms with Gasteiger partial charge in [-0.05, 0) is 37.5 Å². The van der Waals surface area contributed by atoms with Gasteiger partial charge in [-0.25, -0.2) is 4.99 Å². The molecule has 0 saturated heterocycles. The Bertz CT molecular complexity index is 754. The number of rotatable bonds is 9. The number of amides is 1. The highest BCUT2D eigenvalue weighted by Gasteiger charge is 2.13. The first kappa shape index (κ1) is 23.9. The van der Waals surface area contributed by atoms with Gasteiger partial charge in [-0.15, -0.1) is 24.0 Å². The van der Waals surface area contributed by atoms with Gasteiger partial charge in [0.25, 0.3) is 0 Å². The van der Waals surface area contributed by atoms with E-state index >= 15 is 0 Å². The van der Waals surface area contributed by atoms with Crippen LogP contribution in [0.3, 0.4) is 0 Å². The van der Waals surface area contributed by atoms with E-state index in [-0.39, 0.29) is 24.0 Å². The average molecular weight is 499 g/mol. The summed E-state index contributed by atoms with van der Waals surface area (Å²) >= 11 is 0. The highest BCUT2D eigenvalue weighted by Crippen LogP contribution is 2.22. The second-order valence-electron chi connectivity index (χ2n) is 6.34. The summed E-state index contributed by atoms with van der Waals surface area (Å²) < 4.78 is 5.44. The van der Waals surface area contributed by atoms with Gasteiger partial charge < -0.3 is 20.9 Å². The number of benzene rings is 1. The average Bonchev–Trinajstić information content (AvgIpc) is 3.14. The molecule has 1 aromatic carbocycles. The SMILES string of the molecule is CCNC(=NCc1ccc(C(N)=O)cc1)NCc1cc(C(CC)CC)no1.I. The first-order valence-electron chi connectivity index (χ1n) is 9.43. The van der Waals surface area contributed by atoms with Gasteiger partial charge in [0.05, 0.1) is 18.8 Å². The van der Waals surface area contributed by atoms with Crippen molar-refractivity contribution < 1.29 is 9.32 Å². The van der Waals surface area contributed by atoms with Crippen molar-refractivity contribution in [3.8, 4) is 0 Å². The molecular weight excluding hydrogens is 469 g/mol. The first-order chi connectivity index (χ1) is 13.1. The number of aromatic nitrogens is 1. The van der Waals surface area contributed by atoms with E-state index in [1.165, 1.54) is 0 Å². The highest BCUT2D eigenvalue weighted by molar-refractivity contribution is 14.0. The molecule has 1 heterocycles. The van der Waals surface area contributed by atoms with Crippen LogP contribution in [0.25, 0.3) is 0 Å². The van der Waals surface area contributed by atoms with Crippen molar-refractivity contribution >= 4 is 35.8 Å². The van der Waals surface area contributed by atoms with E-state index in [9.17, 15) is 4.79 Å². The molecule has 154 valence electrons. The Morgan fingerprint density at radius 1 is 1.18 bits per heavy atom. The van der Waals surface area contributed by atoms with Gasteiger partial charge >= 0.3 is 0 Å². The Kier molecular flexibility index (Phi) is 10.6. The number of nitrogens with two attached hydrogens (primary N) is 1. The van der Waals surface area contributed by atoms with Gasteiger partial charge in [0, 0.05) is 24.1 Å². The lowest BCUT2D eigenvalue weighted by Crippen LogP contribution is -2.36. The third kappa shape index (κ3) is 7.14. The minimum atomic E-state index is -0.431. The molecule has 7 nitrogen and oxygen atoms in total. The molecular formula is C20H30IN5O2. The molecule has 0 bridgehead atoms. The number of primary amides is 1. The number of hydrogen-bond acceptors (Lipinski definition) is 4. The number of hydrogen-bond donors (Lipinski definition) is 3. The molecule has 0 aliphatic heterocycles. The molecule has 0 aliphatic carbocycles. The van der Waals surface area contributed by atoms with Gasteiger partial charge in [-0.1, -0.05) is 31.1 Å². The van der Waals surface area contributed by atoms with Crippen molar-refractivity contribution in [1.82, 2.24) is 15.8 Å². The van der Waals surface area contributed by atoms with Crippen LogP contribution in [0.15, 0.2) is 39.8 Å². The molecule has 0 unspecified atom stereocenters. The second-order valence-corrected chi connectivity index (χ2v) is 6.34. The van der Waals surface area contributed by atoms with Gasteiger partial charge in [-0.2, -0.15) is 0 Å². The Labute approximate surface area is 183 Å². The van der Waals surface area contributed by atoms with Gasteiger partial charge in [0.15, 0.2) is 11.7 Å². The number of aliphatic imine (C=N–C) groups is 1. The van der Waals surface area contributed by atoms with E-state index in [1.54, 1.807) is 12.1 Å². The lowest BCUT2D eigenvalue weighted by Gasteiger charge is -2.10. The zero-order valence-electron chi connectivity index (χ0n) is 16.7. The van der Waals surface area contributed by atoms with Crippen LogP contribution in [0, 0.1) is 0 Å². The molecule has 0 saturated carbocycles. The van der Waals surface area contributed by atoms with Gasteiger partial charge in [0.2, 0.25) is 5.91 Å². The van der Waals surface area contributed by atoms with Crippen LogP contribution < -0.4 is 16.4 Å². The molecule has 8 heteroatoms. The quantitative estimate of drug-likeness (QED) is 0.278. The molecule has 2 rings (SSSR count). The lowest BCUT2D eigenvalue weighted by molar-refractivity contribution is 0.100. The van der Waals surface area contributed by atoms with Crippen molar-refractivity contribution in [2.24, 2.45) is 10.7 Å². The number of guanidine groups is 1. The van der Waals surface area contributed by atoms with Crippen LogP contribution in [0.2, 0.25) is 0 Å². The maximum Gasteiger partial charge on any atom is 0.248 e. The predicted octanol–water partition coefficient (Wildman–Crippen LogP) is 3.55. The van der Waals surface area contributed by atoms with Crippen LogP contribution in [0.4, 0.5) is 0 Å². The minimum absolute atomic E-state index is 0. The maximum absolute atomic E-state index is 11.1. The van der Waals surface area contributed by atoms with Crippen LogP contribution in [-0.2, 0) is 13.1 Å². The van der Waals surface area contributed by atoms with Crippen LogP contribution in [0.5, 0.6) is 0 Å². The zero-order chi connectivity index (χ0) is 19.6. The smallest absolute Gasteiger partial charge is 0.248 e. The fourth-order valence-electron chi connectivity index (χ4n) is 2.77. The molecule has 2 aromatic rings. The topological polar surface area (TPSA) is 106 Å². The summed E-state index contributed by atoms with van der Waals surface area (Å²) in [4.78, 5) is 15.7. The highest BCUT2D eigenvalue weighted by atomic mass is 127. The van der Waals surface area contributed by atoms with E-state index in [4.69, 9.17) is 10.3 Å². The van der Waals surface area contributed by atoms with Gasteiger partial charge in [0.1, 0.15) is 0 Å². The molecule has 28 heavy (non-hydrogen) atoms. The standard InChI is InChI=1S/C20H29N5O2.HI/c1-4-15(5-2)18-11-17(27-25-18)13-24-20(22-6-3)23-12-14-7-9-16(10-8-14)19(21)26;/h7-11,15H,4-6,12-13H2,1-3H3,(H2,21,26)(H2,22,23,24);1H. The molecule has 0 aliphatic rings. The van der Waals surface area contributed by atoms with E-state index < -0.39 is 5.91 Å². The molecule has 0 spiro atoms. The summed E-state index contributed by atoms with van der Waals surface area (Å²) in [5, 5.41) is 10.6. The molecule has 0 fully saturated rings. The van der Waals surface area contributed by atoms with Crippen LogP contribution in [0.1, 0.15) is 66.9 Å². The Morgan fingerprint density at radius 3 is 2.43 bits per heavy atom. The maximum atomic E-state index is 11.1. The second kappa shape index (κ2) is 12.4. The van der Waals surface area contributed by atoms with E-state index in [0.29, 0.717) is 30.5 Å². The van der Waals surface area contributed by atoms with Crippen molar-refractivity contribution in [2.75, 3.05) is 6.54 Å². The predicted molar refractivity (Wildman–Crippen MR) is 122 cm³/mol. The van der Waals surface area contributed by atoms with E-state index in [2.05, 4.69) is 34.6 Å². The molecule has 0 atom stereocenters. The monoisotopic (exact) mass is 499 g/mol. The summed E-state index contributed by atoms with van der Waals surface area (Å²) in [6, 6.07) is 9.14. The van der Waals surface area contributed by atoms with Crippen molar-refractivity contribution in [3.05, 3.63) is 52.9 Å². The summed E-state index contributed by atoms with van der Waals surface area (Å²) in [5.41, 5.74) is 7.75. The molecule has 0 radical (unpaired) electrons. The van der Waals surface area contributed by atoms with Crippen LogP contribution in [-0.4, -0.2) is 23.6 Å². The number of halogens is 1. The third-order valence-corrected chi connectivity index (χ3v) is 4.41. The number of carbonyl (C=O) groups is 1. The number of nitrogens with one attached hydrogen (secondary N) is 2. The largest absolute Gasteiger partial charge is 0.366 e. The Morgan fingerprint density at radius 2 is 1.86 bits per heavy atom. The van der Waals surface area contributed by atoms with Crippen molar-refractivity contribution in [1.29, 1.82) is 0 Å². The normalized spacial score (nSPS) is 11.2. The molecule has 1 aromatic heterocycles. The molecule has 1 amide bonds. The summed E-state index contributed by atoms with van der Waals surface area (Å²) in [5.74, 6) is 1.48. The zero-order valence-corrected chi connectivity index (χ0v) is 19.0. The van der Waals surface area contributed by atoms with Crippen LogP contribution >= 0.6 is 24.0 Å². The van der Waals surface area contributed by atoms with E-state index in [0.717, 1.165) is 36.4 Å². The third-order valence-electron chi connectivity index (χ3n) is 4.41. The minimum Gasteiger partial charge on any atom is -0.366 e. The lowest BCUT2D eigenvalue weighted by atomic mass is 9.99. The van der Waals surface area contributed by atoms with Crippen molar-refractivity contribution in [2.45, 2.75) is 52.6 Å². The first-order valence-corrected chi connectivity index (χ1v) is 9.43. The number of carbonyl (C=O) groups excluding carboxylic acids is 1. The summed E-state index contributed by atoms with van der Waals surface area (Å²) in [6.45, 7) is 8.09. The summed E-state index contributed by atoms with van der Waals surface area (Å²) in [6.07, 6.45) is 2.10. The van der Waals surface area contributed by atoms with Gasteiger partial charge in [-0.3, -0.25) is 4.79 Å². The fourth-order valence-corrected chi connectivity index (χ4v) is 2.77. The van der Waals surface area contributed by atoms with E-state index in [1.807, 2.05) is 25.1 Å². The number of nitrogens with zero attached hydrogens (tertiary/aromatic N) is 2.